The normalized spacial score (nSPS) is 14.4. The maximum absolute atomic E-state index is 13.5. The average molecular weight is 1010 g/mol. The molecule has 0 aromatic heterocycles. The molecule has 10 heteroatoms. The summed E-state index contributed by atoms with van der Waals surface area (Å²) in [6.07, 6.45) is 66.0. The van der Waals surface area contributed by atoms with Crippen molar-refractivity contribution in [3.05, 3.63) is 85.1 Å². The highest BCUT2D eigenvalue weighted by atomic mass is 31.2. The second kappa shape index (κ2) is 50.7. The van der Waals surface area contributed by atoms with E-state index in [1.807, 2.05) is 39.4 Å². The number of nitrogens with one attached hydrogen (secondary N) is 1. The van der Waals surface area contributed by atoms with Crippen molar-refractivity contribution in [1.29, 1.82) is 0 Å². The summed E-state index contributed by atoms with van der Waals surface area (Å²) in [5.74, 6) is -0.603. The summed E-state index contributed by atoms with van der Waals surface area (Å²) in [6, 6.07) is -0.889. The molecule has 2 N–H and O–H groups in total. The lowest BCUT2D eigenvalue weighted by molar-refractivity contribution is -0.870. The summed E-state index contributed by atoms with van der Waals surface area (Å²) < 4.78 is 30.5. The lowest BCUT2D eigenvalue weighted by Gasteiger charge is -2.27. The van der Waals surface area contributed by atoms with E-state index in [2.05, 4.69) is 92.9 Å². The van der Waals surface area contributed by atoms with Gasteiger partial charge in [0.1, 0.15) is 19.3 Å². The van der Waals surface area contributed by atoms with Crippen molar-refractivity contribution in [2.45, 2.75) is 251 Å². The van der Waals surface area contributed by atoms with Gasteiger partial charge in [0.15, 0.2) is 0 Å². The van der Waals surface area contributed by atoms with Crippen LogP contribution >= 0.6 is 7.82 Å². The van der Waals surface area contributed by atoms with E-state index in [4.69, 9.17) is 13.8 Å². The minimum absolute atomic E-state index is 0.0244. The zero-order valence-electron chi connectivity index (χ0n) is 46.7. The Morgan fingerprint density at radius 3 is 1.35 bits per heavy atom. The molecule has 0 saturated heterocycles. The average Bonchev–Trinajstić information content (AvgIpc) is 3.33. The predicted molar refractivity (Wildman–Crippen MR) is 304 cm³/mol. The Morgan fingerprint density at radius 2 is 0.915 bits per heavy atom. The van der Waals surface area contributed by atoms with Crippen LogP contribution in [0.1, 0.15) is 239 Å². The number of esters is 1. The summed E-state index contributed by atoms with van der Waals surface area (Å²) in [5, 5.41) is 3.00. The van der Waals surface area contributed by atoms with Crippen molar-refractivity contribution in [3.8, 4) is 0 Å². The second-order valence-electron chi connectivity index (χ2n) is 20.4. The van der Waals surface area contributed by atoms with Crippen molar-refractivity contribution in [2.24, 2.45) is 0 Å². The smallest absolute Gasteiger partial charge is 0.456 e. The minimum atomic E-state index is -4.46. The molecule has 0 rings (SSSR count). The number of phosphoric ester groups is 1. The fourth-order valence-electron chi connectivity index (χ4n) is 7.90. The number of phosphoric acid groups is 1. The van der Waals surface area contributed by atoms with Gasteiger partial charge in [-0.25, -0.2) is 4.57 Å². The van der Waals surface area contributed by atoms with E-state index >= 15 is 0 Å². The fraction of sp³-hybridized carbons (Fsp3) is 0.738. The first-order chi connectivity index (χ1) is 34.4. The molecule has 0 aliphatic heterocycles. The lowest BCUT2D eigenvalue weighted by Crippen LogP contribution is -2.47. The van der Waals surface area contributed by atoms with Crippen molar-refractivity contribution in [1.82, 2.24) is 5.32 Å². The quantitative estimate of drug-likeness (QED) is 0.0205. The zero-order valence-corrected chi connectivity index (χ0v) is 47.6. The van der Waals surface area contributed by atoms with Crippen LogP contribution < -0.4 is 5.32 Å². The number of quaternary nitrogens is 1. The van der Waals surface area contributed by atoms with Crippen LogP contribution in [-0.2, 0) is 27.9 Å². The molecule has 0 radical (unpaired) electrons. The highest BCUT2D eigenvalue weighted by Crippen LogP contribution is 2.43. The van der Waals surface area contributed by atoms with E-state index in [1.165, 1.54) is 122 Å². The number of likely N-dealkylation sites (N-methyl/N-ethyl adjacent to an activating group) is 1. The number of carbonyl (C=O) groups is 2. The number of amides is 1. The van der Waals surface area contributed by atoms with Gasteiger partial charge in [0, 0.05) is 12.8 Å². The largest absolute Gasteiger partial charge is 0.472 e. The summed E-state index contributed by atoms with van der Waals surface area (Å²) >= 11 is 0. The third-order valence-corrected chi connectivity index (χ3v) is 13.3. The molecule has 0 aliphatic carbocycles. The van der Waals surface area contributed by atoms with Gasteiger partial charge in [0.05, 0.1) is 33.8 Å². The third kappa shape index (κ3) is 51.9. The molecule has 410 valence electrons. The number of unbranched alkanes of at least 4 members (excludes halogenated alkanes) is 23. The van der Waals surface area contributed by atoms with Crippen molar-refractivity contribution >= 4 is 19.7 Å². The number of hydrogen-bond acceptors (Lipinski definition) is 6. The predicted octanol–water partition coefficient (Wildman–Crippen LogP) is 17.4. The molecule has 71 heavy (non-hydrogen) atoms. The molecule has 0 bridgehead atoms. The molecule has 0 heterocycles. The van der Waals surface area contributed by atoms with Crippen LogP contribution in [0.5, 0.6) is 0 Å². The van der Waals surface area contributed by atoms with Gasteiger partial charge in [-0.05, 0) is 70.3 Å². The van der Waals surface area contributed by atoms with Crippen molar-refractivity contribution in [3.63, 3.8) is 0 Å². The molecule has 0 aromatic rings. The van der Waals surface area contributed by atoms with Crippen LogP contribution in [0.25, 0.3) is 0 Å². The van der Waals surface area contributed by atoms with Crippen LogP contribution in [0.3, 0.4) is 0 Å². The summed E-state index contributed by atoms with van der Waals surface area (Å²) in [7, 11) is 1.44. The first-order valence-corrected chi connectivity index (χ1v) is 30.4. The van der Waals surface area contributed by atoms with Crippen LogP contribution in [0.4, 0.5) is 0 Å². The van der Waals surface area contributed by atoms with Crippen LogP contribution in [0.15, 0.2) is 85.1 Å². The van der Waals surface area contributed by atoms with Crippen LogP contribution in [0.2, 0.25) is 0 Å². The van der Waals surface area contributed by atoms with Crippen molar-refractivity contribution in [2.75, 3.05) is 40.9 Å². The first kappa shape index (κ1) is 68.2. The topological polar surface area (TPSA) is 111 Å². The van der Waals surface area contributed by atoms with Crippen LogP contribution in [-0.4, -0.2) is 74.3 Å². The van der Waals surface area contributed by atoms with E-state index in [9.17, 15) is 19.0 Å². The highest BCUT2D eigenvalue weighted by Gasteiger charge is 2.30. The van der Waals surface area contributed by atoms with E-state index < -0.39 is 20.0 Å². The third-order valence-electron chi connectivity index (χ3n) is 12.4. The van der Waals surface area contributed by atoms with E-state index in [-0.39, 0.29) is 37.9 Å². The van der Waals surface area contributed by atoms with Gasteiger partial charge < -0.3 is 19.4 Å². The fourth-order valence-corrected chi connectivity index (χ4v) is 8.64. The number of hydrogen-bond donors (Lipinski definition) is 2. The van der Waals surface area contributed by atoms with E-state index in [0.29, 0.717) is 17.4 Å². The van der Waals surface area contributed by atoms with Gasteiger partial charge in [0.2, 0.25) is 5.91 Å². The van der Waals surface area contributed by atoms with Crippen LogP contribution in [0, 0.1) is 0 Å². The van der Waals surface area contributed by atoms with Crippen molar-refractivity contribution < 1.29 is 37.3 Å². The summed E-state index contributed by atoms with van der Waals surface area (Å²) in [5.41, 5.74) is 0. The molecule has 0 aromatic carbocycles. The van der Waals surface area contributed by atoms with Gasteiger partial charge in [-0.2, -0.15) is 0 Å². The number of nitrogens with zero attached hydrogens (tertiary/aromatic N) is 1. The van der Waals surface area contributed by atoms with Gasteiger partial charge in [0.25, 0.3) is 0 Å². The van der Waals surface area contributed by atoms with Gasteiger partial charge in [-0.1, -0.05) is 241 Å². The van der Waals surface area contributed by atoms with Gasteiger partial charge >= 0.3 is 13.8 Å². The highest BCUT2D eigenvalue weighted by molar-refractivity contribution is 7.47. The molecular weight excluding hydrogens is 904 g/mol. The second-order valence-corrected chi connectivity index (χ2v) is 21.9. The maximum Gasteiger partial charge on any atom is 0.472 e. The summed E-state index contributed by atoms with van der Waals surface area (Å²) in [4.78, 5) is 37.5. The maximum atomic E-state index is 13.5. The minimum Gasteiger partial charge on any atom is -0.456 e. The standard InChI is InChI=1S/C61H109N2O7P/c1-7-10-13-16-19-22-25-27-29-30-31-32-34-35-38-41-44-47-50-53-60(64)62-58(57-69-71(66,67)68-56-55-63(4,5)6)59(52-49-46-43-40-37-24-21-18-15-12-9-3)70-61(65)54-51-48-45-42-39-36-33-28-26-23-20-17-14-11-8-2/h10,13,19,22,27,29,31-32,35,38,44,47,49,52,58-59H,7-9,11-12,14-18,20-21,23-26,28,30,33-34,36-37,39-43,45-46,48,50-51,53-57H2,1-6H3,(H-,62,64,66,67)/p+1/b13-10-,22-19-,29-27-,32-31-,38-35-,47-44-,52-49+. The van der Waals surface area contributed by atoms with Gasteiger partial charge in [-0.3, -0.25) is 18.6 Å². The molecule has 0 fully saturated rings. The number of rotatable bonds is 51. The molecule has 0 saturated carbocycles. The molecule has 9 nitrogen and oxygen atoms in total. The Balaban J connectivity index is 5.42. The lowest BCUT2D eigenvalue weighted by atomic mass is 10.0. The number of carbonyl (C=O) groups excluding carboxylic acids is 2. The molecule has 0 aliphatic rings. The Morgan fingerprint density at radius 1 is 0.507 bits per heavy atom. The summed E-state index contributed by atoms with van der Waals surface area (Å²) in [6.45, 7) is 6.83. The molecule has 3 atom stereocenters. The zero-order chi connectivity index (χ0) is 52.2. The Kier molecular flexibility index (Phi) is 48.7. The molecule has 0 spiro atoms. The Bertz CT molecular complexity index is 1490. The van der Waals surface area contributed by atoms with Gasteiger partial charge in [-0.15, -0.1) is 0 Å². The Labute approximate surface area is 437 Å². The first-order valence-electron chi connectivity index (χ1n) is 28.9. The molecule has 1 amide bonds. The SMILES string of the molecule is CC/C=C\C/C=C\C/C=C\C/C=C\C/C=C\C/C=C\CCC(=O)NC(COP(=O)(O)OCC[N+](C)(C)C)C(/C=C/CCCCCCCCCCC)OC(=O)CCCCCCCCCCCCCCCCC. The number of ether oxygens (including phenoxy) is 1. The Hall–Kier alpha value is -2.81. The number of allylic oxidation sites excluding steroid dienone is 13. The molecule has 3 unspecified atom stereocenters. The molecular formula is C61H110N2O7P+. The van der Waals surface area contributed by atoms with E-state index in [0.717, 1.165) is 77.0 Å². The van der Waals surface area contributed by atoms with E-state index in [1.54, 1.807) is 0 Å². The monoisotopic (exact) mass is 1010 g/mol.